The van der Waals surface area contributed by atoms with E-state index in [2.05, 4.69) is 20.3 Å². The van der Waals surface area contributed by atoms with Crippen LogP contribution in [0.25, 0.3) is 0 Å². The summed E-state index contributed by atoms with van der Waals surface area (Å²) in [5.74, 6) is 0.399. The number of ether oxygens (including phenoxy) is 2. The second-order valence-electron chi connectivity index (χ2n) is 6.43. The molecule has 0 radical (unpaired) electrons. The molecular weight excluding hydrogens is 364 g/mol. The van der Waals surface area contributed by atoms with Crippen LogP contribution in [0, 0.1) is 0 Å². The molecule has 3 heterocycles. The molecule has 2 N–H and O–H groups in total. The lowest BCUT2D eigenvalue weighted by Gasteiger charge is -2.30. The van der Waals surface area contributed by atoms with Gasteiger partial charge >= 0.3 is 5.97 Å². The number of rotatable bonds is 5. The largest absolute Gasteiger partial charge is 0.478 e. The van der Waals surface area contributed by atoms with Gasteiger partial charge in [-0.1, -0.05) is 12.1 Å². The number of benzene rings is 1. The molecule has 2 aromatic rings. The smallest absolute Gasteiger partial charge is 0.337 e. The van der Waals surface area contributed by atoms with E-state index < -0.39 is 5.97 Å². The van der Waals surface area contributed by atoms with Gasteiger partial charge in [-0.3, -0.25) is 0 Å². The first kappa shape index (κ1) is 18.4. The summed E-state index contributed by atoms with van der Waals surface area (Å²) < 4.78 is 10.8. The minimum atomic E-state index is -1.01. The summed E-state index contributed by atoms with van der Waals surface area (Å²) in [5, 5.41) is 12.5. The van der Waals surface area contributed by atoms with E-state index in [9.17, 15) is 9.90 Å². The quantitative estimate of drug-likeness (QED) is 0.771. The minimum Gasteiger partial charge on any atom is -0.478 e. The highest BCUT2D eigenvalue weighted by Crippen LogP contribution is 2.23. The predicted molar refractivity (Wildman–Crippen MR) is 103 cm³/mol. The minimum absolute atomic E-state index is 0.156. The van der Waals surface area contributed by atoms with Gasteiger partial charge in [0.2, 0.25) is 17.8 Å². The van der Waals surface area contributed by atoms with Crippen molar-refractivity contribution >= 4 is 29.5 Å². The van der Waals surface area contributed by atoms with Gasteiger partial charge in [0.15, 0.2) is 0 Å². The first-order valence-electron chi connectivity index (χ1n) is 9.21. The van der Waals surface area contributed by atoms with Crippen LogP contribution >= 0.6 is 0 Å². The number of nitrogens with zero attached hydrogens (tertiary/aromatic N) is 5. The van der Waals surface area contributed by atoms with Crippen LogP contribution in [0.15, 0.2) is 24.3 Å². The Morgan fingerprint density at radius 2 is 1.43 bits per heavy atom. The summed E-state index contributed by atoms with van der Waals surface area (Å²) in [5.41, 5.74) is 0.589. The molecule has 2 aliphatic rings. The first-order chi connectivity index (χ1) is 13.7. The Kier molecular flexibility index (Phi) is 5.49. The monoisotopic (exact) mass is 386 g/mol. The molecule has 2 saturated heterocycles. The summed E-state index contributed by atoms with van der Waals surface area (Å²) >= 11 is 0. The zero-order chi connectivity index (χ0) is 19.3. The SMILES string of the molecule is O=C(O)c1ccccc1Nc1nc(N2CCOCC2)nc(N2CCOCC2)n1. The molecule has 10 heteroatoms. The molecule has 0 spiro atoms. The van der Waals surface area contributed by atoms with Crippen LogP contribution in [0.5, 0.6) is 0 Å². The van der Waals surface area contributed by atoms with Crippen LogP contribution in [0.4, 0.5) is 23.5 Å². The van der Waals surface area contributed by atoms with Crippen LogP contribution in [0.3, 0.4) is 0 Å². The molecule has 1 aromatic heterocycles. The van der Waals surface area contributed by atoms with Gasteiger partial charge in [0.25, 0.3) is 0 Å². The van der Waals surface area contributed by atoms with Crippen molar-refractivity contribution < 1.29 is 19.4 Å². The zero-order valence-corrected chi connectivity index (χ0v) is 15.4. The van der Waals surface area contributed by atoms with Gasteiger partial charge in [0, 0.05) is 26.2 Å². The van der Waals surface area contributed by atoms with E-state index in [0.717, 1.165) is 0 Å². The summed E-state index contributed by atoms with van der Waals surface area (Å²) in [6.07, 6.45) is 0. The highest BCUT2D eigenvalue weighted by atomic mass is 16.5. The number of carbonyl (C=O) groups is 1. The first-order valence-corrected chi connectivity index (χ1v) is 9.21. The number of aromatic carboxylic acids is 1. The lowest BCUT2D eigenvalue weighted by molar-refractivity contribution is 0.0698. The number of para-hydroxylation sites is 1. The van der Waals surface area contributed by atoms with Crippen molar-refractivity contribution in [2.45, 2.75) is 0 Å². The maximum atomic E-state index is 11.5. The molecule has 0 amide bonds. The standard InChI is InChI=1S/C18H22N6O4/c25-15(26)13-3-1-2-4-14(13)19-16-20-17(23-5-9-27-10-6-23)22-18(21-16)24-7-11-28-12-8-24/h1-4H,5-12H2,(H,25,26)(H,19,20,21,22). The van der Waals surface area contributed by atoms with Crippen molar-refractivity contribution in [1.82, 2.24) is 15.0 Å². The summed E-state index contributed by atoms with van der Waals surface area (Å²) in [6.45, 7) is 5.23. The zero-order valence-electron chi connectivity index (χ0n) is 15.4. The Morgan fingerprint density at radius 3 is 1.96 bits per heavy atom. The lowest BCUT2D eigenvalue weighted by Crippen LogP contribution is -2.40. The van der Waals surface area contributed by atoms with Crippen LogP contribution in [0.1, 0.15) is 10.4 Å². The average molecular weight is 386 g/mol. The summed E-state index contributed by atoms with van der Waals surface area (Å²) in [4.78, 5) is 29.3. The van der Waals surface area contributed by atoms with Crippen LogP contribution in [0.2, 0.25) is 0 Å². The van der Waals surface area contributed by atoms with Crippen LogP contribution < -0.4 is 15.1 Å². The highest BCUT2D eigenvalue weighted by Gasteiger charge is 2.21. The maximum absolute atomic E-state index is 11.5. The average Bonchev–Trinajstić information content (AvgIpc) is 2.75. The normalized spacial score (nSPS) is 17.4. The Bertz CT molecular complexity index is 800. The molecule has 0 bridgehead atoms. The third-order valence-corrected chi connectivity index (χ3v) is 4.60. The van der Waals surface area contributed by atoms with Gasteiger partial charge in [-0.05, 0) is 12.1 Å². The molecule has 4 rings (SSSR count). The van der Waals surface area contributed by atoms with Crippen molar-refractivity contribution in [2.75, 3.05) is 67.7 Å². The molecule has 2 fully saturated rings. The van der Waals surface area contributed by atoms with E-state index in [1.807, 2.05) is 9.80 Å². The van der Waals surface area contributed by atoms with E-state index in [4.69, 9.17) is 9.47 Å². The van der Waals surface area contributed by atoms with E-state index in [-0.39, 0.29) is 5.56 Å². The predicted octanol–water partition coefficient (Wildman–Crippen LogP) is 0.987. The number of carboxylic acids is 1. The second-order valence-corrected chi connectivity index (χ2v) is 6.43. The third-order valence-electron chi connectivity index (χ3n) is 4.60. The van der Waals surface area contributed by atoms with Gasteiger partial charge in [-0.25, -0.2) is 4.79 Å². The number of nitrogens with one attached hydrogen (secondary N) is 1. The number of anilines is 4. The van der Waals surface area contributed by atoms with Gasteiger partial charge in [-0.2, -0.15) is 15.0 Å². The van der Waals surface area contributed by atoms with Gasteiger partial charge in [0.05, 0.1) is 37.7 Å². The summed E-state index contributed by atoms with van der Waals surface area (Å²) in [7, 11) is 0. The van der Waals surface area contributed by atoms with E-state index >= 15 is 0 Å². The third kappa shape index (κ3) is 4.12. The highest BCUT2D eigenvalue weighted by molar-refractivity contribution is 5.94. The van der Waals surface area contributed by atoms with Crippen molar-refractivity contribution in [1.29, 1.82) is 0 Å². The molecule has 28 heavy (non-hydrogen) atoms. The Morgan fingerprint density at radius 1 is 0.893 bits per heavy atom. The van der Waals surface area contributed by atoms with Crippen molar-refractivity contribution in [2.24, 2.45) is 0 Å². The second kappa shape index (κ2) is 8.36. The molecule has 0 unspecified atom stereocenters. The lowest BCUT2D eigenvalue weighted by atomic mass is 10.2. The van der Waals surface area contributed by atoms with Crippen LogP contribution in [-0.2, 0) is 9.47 Å². The van der Waals surface area contributed by atoms with Gasteiger partial charge in [0.1, 0.15) is 0 Å². The molecular formula is C18H22N6O4. The van der Waals surface area contributed by atoms with Gasteiger partial charge < -0.3 is 29.7 Å². The fourth-order valence-corrected chi connectivity index (χ4v) is 3.12. The van der Waals surface area contributed by atoms with Crippen molar-refractivity contribution in [3.63, 3.8) is 0 Å². The fraction of sp³-hybridized carbons (Fsp3) is 0.444. The van der Waals surface area contributed by atoms with Gasteiger partial charge in [-0.15, -0.1) is 0 Å². The Labute approximate surface area is 162 Å². The molecule has 0 atom stereocenters. The molecule has 2 aliphatic heterocycles. The van der Waals surface area contributed by atoms with E-state index in [0.29, 0.717) is 76.1 Å². The van der Waals surface area contributed by atoms with Crippen molar-refractivity contribution in [3.8, 4) is 0 Å². The van der Waals surface area contributed by atoms with Crippen LogP contribution in [-0.4, -0.2) is 78.6 Å². The van der Waals surface area contributed by atoms with Crippen molar-refractivity contribution in [3.05, 3.63) is 29.8 Å². The number of hydrogen-bond acceptors (Lipinski definition) is 9. The molecule has 0 aliphatic carbocycles. The molecule has 0 saturated carbocycles. The van der Waals surface area contributed by atoms with E-state index in [1.54, 1.807) is 18.2 Å². The Hall–Kier alpha value is -2.98. The molecule has 148 valence electrons. The Balaban J connectivity index is 1.68. The maximum Gasteiger partial charge on any atom is 0.337 e. The number of aromatic nitrogens is 3. The molecule has 1 aromatic carbocycles. The number of morpholine rings is 2. The number of hydrogen-bond donors (Lipinski definition) is 2. The molecule has 10 nitrogen and oxygen atoms in total. The van der Waals surface area contributed by atoms with E-state index in [1.165, 1.54) is 6.07 Å². The topological polar surface area (TPSA) is 113 Å². The fourth-order valence-electron chi connectivity index (χ4n) is 3.12. The summed E-state index contributed by atoms with van der Waals surface area (Å²) in [6, 6.07) is 6.68. The number of carboxylic acid groups (broad SMARTS) is 1.